The van der Waals surface area contributed by atoms with Gasteiger partial charge in [-0.2, -0.15) is 10.2 Å². The van der Waals surface area contributed by atoms with E-state index in [-0.39, 0.29) is 29.6 Å². The second kappa shape index (κ2) is 8.38. The lowest BCUT2D eigenvalue weighted by Gasteiger charge is -2.07. The Morgan fingerprint density at radius 1 is 0.966 bits per heavy atom. The molecule has 0 aliphatic carbocycles. The first kappa shape index (κ1) is 19.8. The molecule has 2 aromatic heterocycles. The number of amides is 2. The zero-order valence-corrected chi connectivity index (χ0v) is 16.2. The molecule has 0 saturated carbocycles. The Morgan fingerprint density at radius 3 is 2.21 bits per heavy atom. The maximum Gasteiger partial charge on any atom is 0.356 e. The number of esters is 1. The molecule has 3 rings (SSSR count). The van der Waals surface area contributed by atoms with Gasteiger partial charge in [0.2, 0.25) is 0 Å². The molecule has 2 heterocycles. The zero-order chi connectivity index (χ0) is 21.0. The van der Waals surface area contributed by atoms with Crippen molar-refractivity contribution < 1.29 is 19.1 Å². The lowest BCUT2D eigenvalue weighted by atomic mass is 10.2. The van der Waals surface area contributed by atoms with Crippen molar-refractivity contribution in [3.63, 3.8) is 0 Å². The van der Waals surface area contributed by atoms with E-state index in [9.17, 15) is 14.4 Å². The van der Waals surface area contributed by atoms with Crippen LogP contribution in [0.5, 0.6) is 0 Å². The van der Waals surface area contributed by atoms with Gasteiger partial charge in [-0.1, -0.05) is 6.07 Å². The minimum atomic E-state index is -0.555. The summed E-state index contributed by atoms with van der Waals surface area (Å²) < 4.78 is 7.75. The molecule has 10 heteroatoms. The minimum Gasteiger partial charge on any atom is -0.461 e. The Hall–Kier alpha value is -3.95. The van der Waals surface area contributed by atoms with Gasteiger partial charge in [0.1, 0.15) is 5.69 Å². The van der Waals surface area contributed by atoms with Gasteiger partial charge in [-0.25, -0.2) is 4.79 Å². The number of aromatic nitrogens is 4. The second-order valence-corrected chi connectivity index (χ2v) is 6.12. The standard InChI is InChI=1S/C19H20N6O4/c1-4-29-19(28)16-11-15(23-25(16)3)18(27)21-13-7-5-6-12(10-13)20-17(26)14-8-9-24(2)22-14/h5-11H,4H2,1-3H3,(H,20,26)(H,21,27). The highest BCUT2D eigenvalue weighted by Crippen LogP contribution is 2.17. The summed E-state index contributed by atoms with van der Waals surface area (Å²) in [4.78, 5) is 36.6. The van der Waals surface area contributed by atoms with E-state index >= 15 is 0 Å². The van der Waals surface area contributed by atoms with Gasteiger partial charge < -0.3 is 15.4 Å². The van der Waals surface area contributed by atoms with Crippen LogP contribution in [-0.4, -0.2) is 44.0 Å². The van der Waals surface area contributed by atoms with E-state index in [1.165, 1.54) is 15.4 Å². The van der Waals surface area contributed by atoms with Gasteiger partial charge in [-0.05, 0) is 31.2 Å². The van der Waals surface area contributed by atoms with Crippen molar-refractivity contribution >= 4 is 29.2 Å². The van der Waals surface area contributed by atoms with E-state index in [0.717, 1.165) is 0 Å². The smallest absolute Gasteiger partial charge is 0.356 e. The zero-order valence-electron chi connectivity index (χ0n) is 16.2. The van der Waals surface area contributed by atoms with Crippen molar-refractivity contribution in [2.45, 2.75) is 6.92 Å². The van der Waals surface area contributed by atoms with Crippen molar-refractivity contribution in [3.05, 3.63) is 59.7 Å². The van der Waals surface area contributed by atoms with Crippen molar-refractivity contribution in [1.29, 1.82) is 0 Å². The van der Waals surface area contributed by atoms with E-state index in [4.69, 9.17) is 4.74 Å². The van der Waals surface area contributed by atoms with Crippen LogP contribution in [0.2, 0.25) is 0 Å². The summed E-state index contributed by atoms with van der Waals surface area (Å²) in [6.45, 7) is 1.92. The average Bonchev–Trinajstić information content (AvgIpc) is 3.28. The monoisotopic (exact) mass is 396 g/mol. The lowest BCUT2D eigenvalue weighted by Crippen LogP contribution is -2.15. The number of benzene rings is 1. The van der Waals surface area contributed by atoms with E-state index in [1.54, 1.807) is 57.5 Å². The quantitative estimate of drug-likeness (QED) is 0.614. The van der Waals surface area contributed by atoms with Crippen molar-refractivity contribution in [1.82, 2.24) is 19.6 Å². The number of carbonyl (C=O) groups is 3. The predicted octanol–water partition coefficient (Wildman–Crippen LogP) is 1.83. The molecule has 0 aliphatic heterocycles. The summed E-state index contributed by atoms with van der Waals surface area (Å²) in [6.07, 6.45) is 1.67. The number of rotatable bonds is 6. The predicted molar refractivity (Wildman–Crippen MR) is 105 cm³/mol. The van der Waals surface area contributed by atoms with Crippen molar-refractivity contribution in [3.8, 4) is 0 Å². The maximum atomic E-state index is 12.5. The van der Waals surface area contributed by atoms with Crippen LogP contribution < -0.4 is 10.6 Å². The summed E-state index contributed by atoms with van der Waals surface area (Å²) in [5.74, 6) is -1.41. The minimum absolute atomic E-state index is 0.0680. The Kier molecular flexibility index (Phi) is 5.72. The number of hydrogen-bond acceptors (Lipinski definition) is 6. The number of ether oxygens (including phenoxy) is 1. The van der Waals surface area contributed by atoms with E-state index in [0.29, 0.717) is 11.4 Å². The average molecular weight is 396 g/mol. The third-order valence-electron chi connectivity index (χ3n) is 3.92. The highest BCUT2D eigenvalue weighted by atomic mass is 16.5. The highest BCUT2D eigenvalue weighted by Gasteiger charge is 2.18. The van der Waals surface area contributed by atoms with Crippen LogP contribution in [0.4, 0.5) is 11.4 Å². The molecular formula is C19H20N6O4. The molecule has 150 valence electrons. The third kappa shape index (κ3) is 4.67. The molecule has 2 amide bonds. The fourth-order valence-electron chi connectivity index (χ4n) is 2.58. The molecular weight excluding hydrogens is 376 g/mol. The molecule has 0 bridgehead atoms. The van der Waals surface area contributed by atoms with Gasteiger partial charge in [0.25, 0.3) is 11.8 Å². The van der Waals surface area contributed by atoms with Crippen molar-refractivity contribution in [2.75, 3.05) is 17.2 Å². The van der Waals surface area contributed by atoms with Crippen LogP contribution >= 0.6 is 0 Å². The van der Waals surface area contributed by atoms with Gasteiger partial charge in [0.15, 0.2) is 11.4 Å². The largest absolute Gasteiger partial charge is 0.461 e. The first-order valence-corrected chi connectivity index (χ1v) is 8.81. The number of hydrogen-bond donors (Lipinski definition) is 2. The Labute approximate surface area is 166 Å². The Bertz CT molecular complexity index is 1070. The van der Waals surface area contributed by atoms with Gasteiger partial charge in [0.05, 0.1) is 6.61 Å². The molecule has 2 N–H and O–H groups in total. The molecule has 0 radical (unpaired) electrons. The first-order valence-electron chi connectivity index (χ1n) is 8.81. The number of carbonyl (C=O) groups excluding carboxylic acids is 3. The summed E-state index contributed by atoms with van der Waals surface area (Å²) >= 11 is 0. The van der Waals surface area contributed by atoms with Gasteiger partial charge in [-0.15, -0.1) is 0 Å². The second-order valence-electron chi connectivity index (χ2n) is 6.12. The number of nitrogens with zero attached hydrogens (tertiary/aromatic N) is 4. The molecule has 0 unspecified atom stereocenters. The van der Waals surface area contributed by atoms with E-state index in [1.807, 2.05) is 0 Å². The topological polar surface area (TPSA) is 120 Å². The molecule has 10 nitrogen and oxygen atoms in total. The van der Waals surface area contributed by atoms with Crippen LogP contribution in [0.15, 0.2) is 42.6 Å². The molecule has 1 aromatic carbocycles. The van der Waals surface area contributed by atoms with E-state index in [2.05, 4.69) is 20.8 Å². The van der Waals surface area contributed by atoms with Gasteiger partial charge in [0, 0.05) is 37.7 Å². The third-order valence-corrected chi connectivity index (χ3v) is 3.92. The summed E-state index contributed by atoms with van der Waals surface area (Å²) in [5, 5.41) is 13.5. The normalized spacial score (nSPS) is 10.4. The van der Waals surface area contributed by atoms with Crippen LogP contribution in [0, 0.1) is 0 Å². The van der Waals surface area contributed by atoms with Crippen LogP contribution in [0.1, 0.15) is 38.4 Å². The fourth-order valence-corrected chi connectivity index (χ4v) is 2.58. The molecule has 0 aliphatic rings. The van der Waals surface area contributed by atoms with Gasteiger partial charge in [-0.3, -0.25) is 19.0 Å². The Morgan fingerprint density at radius 2 is 1.62 bits per heavy atom. The fraction of sp³-hybridized carbons (Fsp3) is 0.211. The molecule has 3 aromatic rings. The van der Waals surface area contributed by atoms with Crippen LogP contribution in [0.25, 0.3) is 0 Å². The number of anilines is 2. The summed E-state index contributed by atoms with van der Waals surface area (Å²) in [6, 6.07) is 9.61. The molecule has 29 heavy (non-hydrogen) atoms. The molecule has 0 fully saturated rings. The summed E-state index contributed by atoms with van der Waals surface area (Å²) in [7, 11) is 3.27. The molecule has 0 saturated heterocycles. The highest BCUT2D eigenvalue weighted by molar-refractivity contribution is 6.05. The number of nitrogens with one attached hydrogen (secondary N) is 2. The van der Waals surface area contributed by atoms with Crippen LogP contribution in [0.3, 0.4) is 0 Å². The maximum absolute atomic E-state index is 12.5. The molecule has 0 spiro atoms. The first-order chi connectivity index (χ1) is 13.9. The lowest BCUT2D eigenvalue weighted by molar-refractivity contribution is 0.0513. The van der Waals surface area contributed by atoms with Crippen molar-refractivity contribution in [2.24, 2.45) is 14.1 Å². The molecule has 0 atom stereocenters. The summed E-state index contributed by atoms with van der Waals surface area (Å²) in [5.41, 5.74) is 1.47. The van der Waals surface area contributed by atoms with E-state index < -0.39 is 11.9 Å². The SMILES string of the molecule is CCOC(=O)c1cc(C(=O)Nc2cccc(NC(=O)c3ccn(C)n3)c2)nn1C. The van der Waals surface area contributed by atoms with Crippen LogP contribution in [-0.2, 0) is 18.8 Å². The number of aryl methyl sites for hydroxylation is 2. The van der Waals surface area contributed by atoms with Gasteiger partial charge >= 0.3 is 5.97 Å². The Balaban J connectivity index is 1.70.